The van der Waals surface area contributed by atoms with Crippen LogP contribution in [0.15, 0.2) is 11.6 Å². The van der Waals surface area contributed by atoms with Crippen LogP contribution in [0, 0.1) is 0 Å². The molecule has 1 spiro atoms. The molecule has 1 aliphatic heterocycles. The highest BCUT2D eigenvalue weighted by Gasteiger charge is 2.38. The zero-order valence-corrected chi connectivity index (χ0v) is 10.5. The molecule has 0 atom stereocenters. The van der Waals surface area contributed by atoms with Gasteiger partial charge in [-0.1, -0.05) is 5.57 Å². The van der Waals surface area contributed by atoms with Gasteiger partial charge in [-0.3, -0.25) is 0 Å². The summed E-state index contributed by atoms with van der Waals surface area (Å²) < 4.78 is 16.4. The number of hydrogen-bond donors (Lipinski definition) is 0. The minimum atomic E-state index is -0.362. The zero-order valence-electron chi connectivity index (χ0n) is 10.5. The Morgan fingerprint density at radius 3 is 2.41 bits per heavy atom. The number of rotatable bonds is 2. The van der Waals surface area contributed by atoms with E-state index in [0.717, 1.165) is 31.3 Å². The average molecular weight is 240 g/mol. The molecule has 1 saturated heterocycles. The number of esters is 1. The Morgan fingerprint density at radius 1 is 1.29 bits per heavy atom. The second kappa shape index (κ2) is 5.19. The molecule has 17 heavy (non-hydrogen) atoms. The van der Waals surface area contributed by atoms with E-state index in [1.165, 1.54) is 0 Å². The third-order valence-electron chi connectivity index (χ3n) is 3.14. The standard InChI is InChI=1S/C13H20O4/c1-10(2)17-12(14)9-11-3-5-13(6-4-11)15-7-8-16-13/h9-10H,3-8H2,1-2H3. The molecule has 4 nitrogen and oxygen atoms in total. The number of carbonyl (C=O) groups is 1. The summed E-state index contributed by atoms with van der Waals surface area (Å²) >= 11 is 0. The van der Waals surface area contributed by atoms with Crippen molar-refractivity contribution >= 4 is 5.97 Å². The molecule has 0 aromatic carbocycles. The van der Waals surface area contributed by atoms with Gasteiger partial charge in [-0.05, 0) is 26.7 Å². The molecule has 0 radical (unpaired) electrons. The molecule has 2 aliphatic rings. The van der Waals surface area contributed by atoms with E-state index in [1.807, 2.05) is 13.8 Å². The predicted octanol–water partition coefficient (Wildman–Crippen LogP) is 2.18. The second-order valence-electron chi connectivity index (χ2n) is 4.90. The summed E-state index contributed by atoms with van der Waals surface area (Å²) in [6, 6.07) is 0. The fourth-order valence-electron chi connectivity index (χ4n) is 2.32. The fourth-order valence-corrected chi connectivity index (χ4v) is 2.32. The van der Waals surface area contributed by atoms with Crippen molar-refractivity contribution in [1.82, 2.24) is 0 Å². The first kappa shape index (κ1) is 12.6. The Hall–Kier alpha value is -0.870. The molecule has 1 aliphatic carbocycles. The van der Waals surface area contributed by atoms with Gasteiger partial charge < -0.3 is 14.2 Å². The largest absolute Gasteiger partial charge is 0.460 e. The lowest BCUT2D eigenvalue weighted by Crippen LogP contribution is -2.33. The molecule has 4 heteroatoms. The Morgan fingerprint density at radius 2 is 1.88 bits per heavy atom. The van der Waals surface area contributed by atoms with Gasteiger partial charge in [-0.2, -0.15) is 0 Å². The molecular formula is C13H20O4. The van der Waals surface area contributed by atoms with Gasteiger partial charge in [0.2, 0.25) is 0 Å². The third kappa shape index (κ3) is 3.30. The first-order valence-electron chi connectivity index (χ1n) is 6.28. The number of allylic oxidation sites excluding steroid dienone is 1. The highest BCUT2D eigenvalue weighted by Crippen LogP contribution is 2.37. The molecule has 1 saturated carbocycles. The van der Waals surface area contributed by atoms with Crippen molar-refractivity contribution in [3.05, 3.63) is 11.6 Å². The van der Waals surface area contributed by atoms with Gasteiger partial charge in [-0.25, -0.2) is 4.79 Å². The Labute approximate surface area is 102 Å². The van der Waals surface area contributed by atoms with Crippen LogP contribution in [0.1, 0.15) is 39.5 Å². The molecule has 0 N–H and O–H groups in total. The van der Waals surface area contributed by atoms with E-state index in [1.54, 1.807) is 6.08 Å². The molecule has 0 aromatic heterocycles. The topological polar surface area (TPSA) is 44.8 Å². The van der Waals surface area contributed by atoms with Crippen molar-refractivity contribution in [2.24, 2.45) is 0 Å². The van der Waals surface area contributed by atoms with Crippen LogP contribution in [0.2, 0.25) is 0 Å². The molecular weight excluding hydrogens is 220 g/mol. The summed E-state index contributed by atoms with van der Waals surface area (Å²) in [5.74, 6) is -0.599. The Bertz CT molecular complexity index is 301. The van der Waals surface area contributed by atoms with Crippen LogP contribution in [-0.2, 0) is 19.0 Å². The quantitative estimate of drug-likeness (QED) is 0.548. The van der Waals surface area contributed by atoms with Gasteiger partial charge >= 0.3 is 5.97 Å². The van der Waals surface area contributed by atoms with Crippen LogP contribution in [0.5, 0.6) is 0 Å². The molecule has 0 bridgehead atoms. The van der Waals surface area contributed by atoms with Gasteiger partial charge in [0, 0.05) is 18.9 Å². The van der Waals surface area contributed by atoms with Crippen LogP contribution in [0.4, 0.5) is 0 Å². The summed E-state index contributed by atoms with van der Waals surface area (Å²) in [6.07, 6.45) is 4.96. The summed E-state index contributed by atoms with van der Waals surface area (Å²) in [4.78, 5) is 11.5. The van der Waals surface area contributed by atoms with Gasteiger partial charge in [-0.15, -0.1) is 0 Å². The summed E-state index contributed by atoms with van der Waals surface area (Å²) in [6.45, 7) is 5.09. The molecule has 0 aromatic rings. The highest BCUT2D eigenvalue weighted by molar-refractivity contribution is 5.82. The Kier molecular flexibility index (Phi) is 3.84. The minimum Gasteiger partial charge on any atom is -0.460 e. The van der Waals surface area contributed by atoms with Crippen LogP contribution in [-0.4, -0.2) is 31.1 Å². The highest BCUT2D eigenvalue weighted by atomic mass is 16.7. The van der Waals surface area contributed by atoms with Gasteiger partial charge in [0.25, 0.3) is 0 Å². The first-order chi connectivity index (χ1) is 8.10. The summed E-state index contributed by atoms with van der Waals surface area (Å²) in [5.41, 5.74) is 1.14. The van der Waals surface area contributed by atoms with Crippen molar-refractivity contribution in [2.45, 2.75) is 51.4 Å². The molecule has 2 rings (SSSR count). The fraction of sp³-hybridized carbons (Fsp3) is 0.769. The van der Waals surface area contributed by atoms with Crippen LogP contribution < -0.4 is 0 Å². The molecule has 96 valence electrons. The summed E-state index contributed by atoms with van der Waals surface area (Å²) in [5, 5.41) is 0. The van der Waals surface area contributed by atoms with Crippen molar-refractivity contribution < 1.29 is 19.0 Å². The predicted molar refractivity (Wildman–Crippen MR) is 62.4 cm³/mol. The molecule has 1 heterocycles. The lowest BCUT2D eigenvalue weighted by molar-refractivity contribution is -0.171. The van der Waals surface area contributed by atoms with Gasteiger partial charge in [0.15, 0.2) is 5.79 Å². The Balaban J connectivity index is 1.85. The molecule has 2 fully saturated rings. The van der Waals surface area contributed by atoms with E-state index < -0.39 is 0 Å². The lowest BCUT2D eigenvalue weighted by Gasteiger charge is -2.32. The van der Waals surface area contributed by atoms with E-state index in [9.17, 15) is 4.79 Å². The summed E-state index contributed by atoms with van der Waals surface area (Å²) in [7, 11) is 0. The van der Waals surface area contributed by atoms with E-state index >= 15 is 0 Å². The maximum absolute atomic E-state index is 11.5. The lowest BCUT2D eigenvalue weighted by atomic mass is 9.89. The maximum atomic E-state index is 11.5. The zero-order chi connectivity index (χ0) is 12.3. The van der Waals surface area contributed by atoms with Crippen molar-refractivity contribution in [3.63, 3.8) is 0 Å². The average Bonchev–Trinajstić information content (AvgIpc) is 2.69. The van der Waals surface area contributed by atoms with Gasteiger partial charge in [0.05, 0.1) is 19.3 Å². The number of ether oxygens (including phenoxy) is 3. The van der Waals surface area contributed by atoms with E-state index in [4.69, 9.17) is 14.2 Å². The smallest absolute Gasteiger partial charge is 0.330 e. The van der Waals surface area contributed by atoms with Crippen LogP contribution in [0.25, 0.3) is 0 Å². The molecule has 0 amide bonds. The third-order valence-corrected chi connectivity index (χ3v) is 3.14. The number of hydrogen-bond acceptors (Lipinski definition) is 4. The SMILES string of the molecule is CC(C)OC(=O)C=C1CCC2(CC1)OCCO2. The minimum absolute atomic E-state index is 0.0595. The first-order valence-corrected chi connectivity index (χ1v) is 6.28. The van der Waals surface area contributed by atoms with Crippen molar-refractivity contribution in [1.29, 1.82) is 0 Å². The second-order valence-corrected chi connectivity index (χ2v) is 4.90. The molecule has 0 unspecified atom stereocenters. The van der Waals surface area contributed by atoms with Crippen LogP contribution >= 0.6 is 0 Å². The van der Waals surface area contributed by atoms with Gasteiger partial charge in [0.1, 0.15) is 0 Å². The number of carbonyl (C=O) groups excluding carboxylic acids is 1. The van der Waals surface area contributed by atoms with Crippen molar-refractivity contribution in [3.8, 4) is 0 Å². The van der Waals surface area contributed by atoms with Crippen LogP contribution in [0.3, 0.4) is 0 Å². The van der Waals surface area contributed by atoms with Crippen molar-refractivity contribution in [2.75, 3.05) is 13.2 Å². The monoisotopic (exact) mass is 240 g/mol. The normalized spacial score (nSPS) is 23.1. The van der Waals surface area contributed by atoms with E-state index in [2.05, 4.69) is 0 Å². The maximum Gasteiger partial charge on any atom is 0.330 e. The van der Waals surface area contributed by atoms with E-state index in [-0.39, 0.29) is 17.9 Å². The van der Waals surface area contributed by atoms with E-state index in [0.29, 0.717) is 13.2 Å².